The van der Waals surface area contributed by atoms with E-state index in [4.69, 9.17) is 4.74 Å². The van der Waals surface area contributed by atoms with Crippen molar-refractivity contribution in [3.63, 3.8) is 0 Å². The van der Waals surface area contributed by atoms with Crippen molar-refractivity contribution >= 4 is 5.97 Å². The Kier molecular flexibility index (Phi) is 2.53. The lowest BCUT2D eigenvalue weighted by atomic mass is 9.93. The molecule has 0 amide bonds. The second kappa shape index (κ2) is 3.82. The van der Waals surface area contributed by atoms with Crippen molar-refractivity contribution in [1.82, 2.24) is 0 Å². The van der Waals surface area contributed by atoms with Gasteiger partial charge in [0.1, 0.15) is 6.10 Å². The molecule has 1 aliphatic rings. The third-order valence-electron chi connectivity index (χ3n) is 2.58. The minimum atomic E-state index is -0.0717. The van der Waals surface area contributed by atoms with Crippen LogP contribution in [0.4, 0.5) is 0 Å². The molecule has 0 radical (unpaired) electrons. The van der Waals surface area contributed by atoms with Gasteiger partial charge in [-0.1, -0.05) is 37.3 Å². The van der Waals surface area contributed by atoms with Crippen LogP contribution >= 0.6 is 0 Å². The summed E-state index contributed by atoms with van der Waals surface area (Å²) < 4.78 is 5.30. The van der Waals surface area contributed by atoms with Crippen LogP contribution in [-0.4, -0.2) is 5.97 Å². The number of carbonyl (C=O) groups is 1. The average Bonchev–Trinajstić information content (AvgIpc) is 2.18. The monoisotopic (exact) mass is 190 g/mol. The molecule has 0 saturated carbocycles. The number of rotatable bonds is 1. The molecule has 1 heterocycles. The summed E-state index contributed by atoms with van der Waals surface area (Å²) >= 11 is 0. The highest BCUT2D eigenvalue weighted by Crippen LogP contribution is 2.31. The van der Waals surface area contributed by atoms with Gasteiger partial charge in [0.25, 0.3) is 0 Å². The smallest absolute Gasteiger partial charge is 0.306 e. The van der Waals surface area contributed by atoms with E-state index in [1.807, 2.05) is 30.3 Å². The van der Waals surface area contributed by atoms with Crippen LogP contribution in [0.15, 0.2) is 30.3 Å². The Morgan fingerprint density at radius 1 is 1.29 bits per heavy atom. The van der Waals surface area contributed by atoms with Crippen molar-refractivity contribution in [3.05, 3.63) is 35.9 Å². The van der Waals surface area contributed by atoms with Crippen LogP contribution in [0.2, 0.25) is 0 Å². The number of cyclic esters (lactones) is 1. The Labute approximate surface area is 83.9 Å². The fourth-order valence-corrected chi connectivity index (χ4v) is 1.86. The third-order valence-corrected chi connectivity index (χ3v) is 2.58. The van der Waals surface area contributed by atoms with Gasteiger partial charge < -0.3 is 4.74 Å². The molecule has 0 spiro atoms. The van der Waals surface area contributed by atoms with Crippen LogP contribution in [-0.2, 0) is 9.53 Å². The maximum Gasteiger partial charge on any atom is 0.306 e. The van der Waals surface area contributed by atoms with Gasteiger partial charge in [-0.05, 0) is 17.9 Å². The first-order valence-electron chi connectivity index (χ1n) is 5.00. The van der Waals surface area contributed by atoms with Crippen LogP contribution in [0, 0.1) is 5.92 Å². The normalized spacial score (nSPS) is 27.1. The maximum atomic E-state index is 11.2. The quantitative estimate of drug-likeness (QED) is 0.636. The second-order valence-electron chi connectivity index (χ2n) is 3.93. The largest absolute Gasteiger partial charge is 0.457 e. The summed E-state index contributed by atoms with van der Waals surface area (Å²) in [5.74, 6) is 0.360. The molecule has 1 fully saturated rings. The van der Waals surface area contributed by atoms with E-state index in [0.717, 1.165) is 12.0 Å². The van der Waals surface area contributed by atoms with Crippen molar-refractivity contribution in [2.45, 2.75) is 25.9 Å². The topological polar surface area (TPSA) is 26.3 Å². The van der Waals surface area contributed by atoms with E-state index in [0.29, 0.717) is 12.3 Å². The van der Waals surface area contributed by atoms with Gasteiger partial charge in [-0.2, -0.15) is 0 Å². The van der Waals surface area contributed by atoms with Crippen LogP contribution in [0.3, 0.4) is 0 Å². The summed E-state index contributed by atoms with van der Waals surface area (Å²) in [6, 6.07) is 9.94. The van der Waals surface area contributed by atoms with Gasteiger partial charge in [0, 0.05) is 6.42 Å². The van der Waals surface area contributed by atoms with Crippen LogP contribution in [0.25, 0.3) is 0 Å². The lowest BCUT2D eigenvalue weighted by molar-refractivity contribution is -0.156. The molecule has 0 N–H and O–H groups in total. The molecule has 14 heavy (non-hydrogen) atoms. The molecular weight excluding hydrogens is 176 g/mol. The lowest BCUT2D eigenvalue weighted by Gasteiger charge is -2.26. The van der Waals surface area contributed by atoms with Gasteiger partial charge in [0.05, 0.1) is 0 Å². The second-order valence-corrected chi connectivity index (χ2v) is 3.93. The fraction of sp³-hybridized carbons (Fsp3) is 0.417. The van der Waals surface area contributed by atoms with E-state index in [2.05, 4.69) is 6.92 Å². The zero-order valence-electron chi connectivity index (χ0n) is 8.27. The molecule has 1 saturated heterocycles. The molecule has 74 valence electrons. The summed E-state index contributed by atoms with van der Waals surface area (Å²) in [4.78, 5) is 11.2. The minimum absolute atomic E-state index is 0.0348. The van der Waals surface area contributed by atoms with E-state index in [9.17, 15) is 4.79 Å². The molecule has 1 aromatic carbocycles. The highest BCUT2D eigenvalue weighted by molar-refractivity contribution is 5.70. The van der Waals surface area contributed by atoms with Crippen molar-refractivity contribution in [2.75, 3.05) is 0 Å². The van der Waals surface area contributed by atoms with E-state index in [1.165, 1.54) is 0 Å². The van der Waals surface area contributed by atoms with Crippen LogP contribution < -0.4 is 0 Å². The Morgan fingerprint density at radius 3 is 2.64 bits per heavy atom. The summed E-state index contributed by atoms with van der Waals surface area (Å²) in [7, 11) is 0. The molecule has 2 rings (SSSR count). The van der Waals surface area contributed by atoms with Gasteiger partial charge in [-0.3, -0.25) is 4.79 Å². The fourth-order valence-electron chi connectivity index (χ4n) is 1.86. The molecule has 2 heteroatoms. The standard InChI is InChI=1S/C12H14O2/c1-9-7-11(14-12(13)8-9)10-5-3-2-4-6-10/h2-6,9,11H,7-8H2,1H3. The van der Waals surface area contributed by atoms with E-state index in [1.54, 1.807) is 0 Å². The van der Waals surface area contributed by atoms with Gasteiger partial charge >= 0.3 is 5.97 Å². The Balaban J connectivity index is 2.15. The molecule has 2 unspecified atom stereocenters. The summed E-state index contributed by atoms with van der Waals surface area (Å²) in [6.45, 7) is 2.09. The first-order chi connectivity index (χ1) is 6.75. The van der Waals surface area contributed by atoms with E-state index < -0.39 is 0 Å². The highest BCUT2D eigenvalue weighted by atomic mass is 16.5. The molecule has 0 aromatic heterocycles. The van der Waals surface area contributed by atoms with E-state index in [-0.39, 0.29) is 12.1 Å². The third kappa shape index (κ3) is 1.95. The van der Waals surface area contributed by atoms with Crippen molar-refractivity contribution < 1.29 is 9.53 Å². The predicted octanol–water partition coefficient (Wildman–Crippen LogP) is 2.70. The molecule has 1 aromatic rings. The first-order valence-corrected chi connectivity index (χ1v) is 5.00. The van der Waals surface area contributed by atoms with Gasteiger partial charge in [0.2, 0.25) is 0 Å². The molecular formula is C12H14O2. The number of ether oxygens (including phenoxy) is 1. The first kappa shape index (κ1) is 9.25. The van der Waals surface area contributed by atoms with Crippen molar-refractivity contribution in [3.8, 4) is 0 Å². The number of benzene rings is 1. The molecule has 2 nitrogen and oxygen atoms in total. The van der Waals surface area contributed by atoms with Gasteiger partial charge in [0.15, 0.2) is 0 Å². The zero-order chi connectivity index (χ0) is 9.97. The molecule has 1 aliphatic heterocycles. The lowest BCUT2D eigenvalue weighted by Crippen LogP contribution is -2.22. The highest BCUT2D eigenvalue weighted by Gasteiger charge is 2.26. The van der Waals surface area contributed by atoms with Gasteiger partial charge in [-0.25, -0.2) is 0 Å². The van der Waals surface area contributed by atoms with Crippen LogP contribution in [0.1, 0.15) is 31.4 Å². The van der Waals surface area contributed by atoms with Crippen molar-refractivity contribution in [2.24, 2.45) is 5.92 Å². The Bertz CT molecular complexity index is 318. The Morgan fingerprint density at radius 2 is 2.00 bits per heavy atom. The SMILES string of the molecule is CC1CC(=O)OC(c2ccccc2)C1. The van der Waals surface area contributed by atoms with Crippen LogP contribution in [0.5, 0.6) is 0 Å². The number of esters is 1. The zero-order valence-corrected chi connectivity index (χ0v) is 8.27. The molecule has 0 bridgehead atoms. The maximum absolute atomic E-state index is 11.2. The summed E-state index contributed by atoms with van der Waals surface area (Å²) in [5, 5.41) is 0. The minimum Gasteiger partial charge on any atom is -0.457 e. The Hall–Kier alpha value is -1.31. The predicted molar refractivity (Wildman–Crippen MR) is 53.7 cm³/mol. The number of carbonyl (C=O) groups excluding carboxylic acids is 1. The summed E-state index contributed by atoms with van der Waals surface area (Å²) in [6.07, 6.45) is 1.46. The molecule has 2 atom stereocenters. The van der Waals surface area contributed by atoms with Gasteiger partial charge in [-0.15, -0.1) is 0 Å². The van der Waals surface area contributed by atoms with E-state index >= 15 is 0 Å². The summed E-state index contributed by atoms with van der Waals surface area (Å²) in [5.41, 5.74) is 1.10. The number of hydrogen-bond donors (Lipinski definition) is 0. The van der Waals surface area contributed by atoms with Crippen molar-refractivity contribution in [1.29, 1.82) is 0 Å². The number of hydrogen-bond acceptors (Lipinski definition) is 2. The average molecular weight is 190 g/mol. The molecule has 0 aliphatic carbocycles.